The van der Waals surface area contributed by atoms with Gasteiger partial charge in [0.1, 0.15) is 11.5 Å². The van der Waals surface area contributed by atoms with Gasteiger partial charge in [-0.05, 0) is 48.2 Å². The lowest BCUT2D eigenvalue weighted by molar-refractivity contribution is -0.113. The lowest BCUT2D eigenvalue weighted by Crippen LogP contribution is -2.27. The van der Waals surface area contributed by atoms with Crippen molar-refractivity contribution in [2.45, 2.75) is 0 Å². The highest BCUT2D eigenvalue weighted by Gasteiger charge is 2.36. The molecule has 1 saturated heterocycles. The van der Waals surface area contributed by atoms with Crippen LogP contribution in [-0.2, 0) is 4.79 Å². The Morgan fingerprint density at radius 2 is 1.77 bits per heavy atom. The van der Waals surface area contributed by atoms with E-state index in [0.29, 0.717) is 22.1 Å². The number of amides is 2. The minimum atomic E-state index is -0.341. The van der Waals surface area contributed by atoms with Gasteiger partial charge in [-0.2, -0.15) is 0 Å². The van der Waals surface area contributed by atoms with Crippen LogP contribution in [0.2, 0.25) is 0 Å². The molecule has 0 unspecified atom stereocenters. The Balaban J connectivity index is 1.62. The van der Waals surface area contributed by atoms with Gasteiger partial charge in [0.05, 0.1) is 10.6 Å². The lowest BCUT2D eigenvalue weighted by Gasteiger charge is -2.11. The van der Waals surface area contributed by atoms with Crippen LogP contribution < -0.4 is 4.90 Å². The molecule has 1 aliphatic rings. The molecule has 0 atom stereocenters. The van der Waals surface area contributed by atoms with Crippen LogP contribution in [0, 0.1) is 0 Å². The predicted molar refractivity (Wildman–Crippen MR) is 107 cm³/mol. The maximum Gasteiger partial charge on any atom is 0.298 e. The van der Waals surface area contributed by atoms with Gasteiger partial charge < -0.3 is 4.42 Å². The zero-order valence-corrected chi connectivity index (χ0v) is 15.8. The standard InChI is InChI=1S/C20H12BrNO3S/c21-14-6-4-5-13(11-14)17-10-9-16(25-17)12-18-19(23)22(20(24)26-18)15-7-2-1-3-8-15/h1-12H/b18-12-. The largest absolute Gasteiger partial charge is 0.457 e. The summed E-state index contributed by atoms with van der Waals surface area (Å²) in [7, 11) is 0. The molecule has 0 spiro atoms. The smallest absolute Gasteiger partial charge is 0.298 e. The van der Waals surface area contributed by atoms with E-state index in [1.165, 1.54) is 4.90 Å². The predicted octanol–water partition coefficient (Wildman–Crippen LogP) is 5.95. The molecule has 2 aromatic carbocycles. The number of nitrogens with zero attached hydrogens (tertiary/aromatic N) is 1. The zero-order valence-electron chi connectivity index (χ0n) is 13.4. The van der Waals surface area contributed by atoms with Crippen LogP contribution in [0.25, 0.3) is 17.4 Å². The highest BCUT2D eigenvalue weighted by molar-refractivity contribution is 9.10. The molecule has 0 radical (unpaired) electrons. The van der Waals surface area contributed by atoms with E-state index in [-0.39, 0.29) is 11.1 Å². The minimum absolute atomic E-state index is 0.314. The van der Waals surface area contributed by atoms with Crippen molar-refractivity contribution in [3.8, 4) is 11.3 Å². The number of rotatable bonds is 3. The number of carbonyl (C=O) groups excluding carboxylic acids is 2. The fourth-order valence-corrected chi connectivity index (χ4v) is 3.84. The molecule has 0 N–H and O–H groups in total. The van der Waals surface area contributed by atoms with E-state index in [0.717, 1.165) is 21.8 Å². The Labute approximate surface area is 162 Å². The van der Waals surface area contributed by atoms with Gasteiger partial charge in [0.15, 0.2) is 0 Å². The Kier molecular flexibility index (Phi) is 4.53. The van der Waals surface area contributed by atoms with Crippen molar-refractivity contribution in [3.05, 3.63) is 81.9 Å². The lowest BCUT2D eigenvalue weighted by atomic mass is 10.2. The molecule has 1 fully saturated rings. The number of hydrogen-bond acceptors (Lipinski definition) is 4. The number of imide groups is 1. The number of para-hydroxylation sites is 1. The number of thioether (sulfide) groups is 1. The summed E-state index contributed by atoms with van der Waals surface area (Å²) in [6.45, 7) is 0. The van der Waals surface area contributed by atoms with Gasteiger partial charge >= 0.3 is 0 Å². The molecule has 2 amide bonds. The highest BCUT2D eigenvalue weighted by Crippen LogP contribution is 2.36. The molecule has 1 aliphatic heterocycles. The fraction of sp³-hybridized carbons (Fsp3) is 0. The van der Waals surface area contributed by atoms with Gasteiger partial charge in [-0.15, -0.1) is 0 Å². The molecular weight excluding hydrogens is 414 g/mol. The zero-order chi connectivity index (χ0) is 18.1. The van der Waals surface area contributed by atoms with E-state index >= 15 is 0 Å². The second-order valence-corrected chi connectivity index (χ2v) is 7.47. The molecule has 4 nitrogen and oxygen atoms in total. The summed E-state index contributed by atoms with van der Waals surface area (Å²) >= 11 is 4.35. The van der Waals surface area contributed by atoms with Crippen LogP contribution in [0.3, 0.4) is 0 Å². The van der Waals surface area contributed by atoms with Gasteiger partial charge in [0, 0.05) is 16.1 Å². The van der Waals surface area contributed by atoms with E-state index in [4.69, 9.17) is 4.42 Å². The summed E-state index contributed by atoms with van der Waals surface area (Å²) in [6, 6.07) is 20.3. The Hall–Kier alpha value is -2.57. The van der Waals surface area contributed by atoms with E-state index < -0.39 is 0 Å². The maximum absolute atomic E-state index is 12.6. The van der Waals surface area contributed by atoms with Crippen molar-refractivity contribution in [2.75, 3.05) is 4.90 Å². The van der Waals surface area contributed by atoms with Crippen LogP contribution in [0.4, 0.5) is 10.5 Å². The number of benzene rings is 2. The molecule has 3 aromatic rings. The van der Waals surface area contributed by atoms with Crippen LogP contribution in [-0.4, -0.2) is 11.1 Å². The number of carbonyl (C=O) groups is 2. The molecule has 1 aromatic heterocycles. The summed E-state index contributed by atoms with van der Waals surface area (Å²) in [4.78, 5) is 26.4. The first kappa shape index (κ1) is 16.9. The summed E-state index contributed by atoms with van der Waals surface area (Å²) in [5, 5.41) is -0.314. The first-order valence-corrected chi connectivity index (χ1v) is 9.41. The second-order valence-electron chi connectivity index (χ2n) is 5.57. The van der Waals surface area contributed by atoms with E-state index in [1.807, 2.05) is 36.4 Å². The van der Waals surface area contributed by atoms with Gasteiger partial charge in [-0.25, -0.2) is 4.90 Å². The van der Waals surface area contributed by atoms with Crippen LogP contribution >= 0.6 is 27.7 Å². The Bertz CT molecular complexity index is 1030. The van der Waals surface area contributed by atoms with Crippen molar-refractivity contribution in [1.82, 2.24) is 0 Å². The van der Waals surface area contributed by atoms with Crippen LogP contribution in [0.15, 0.2) is 80.5 Å². The Morgan fingerprint density at radius 3 is 2.54 bits per heavy atom. The minimum Gasteiger partial charge on any atom is -0.457 e. The third-order valence-corrected chi connectivity index (χ3v) is 5.18. The molecule has 26 heavy (non-hydrogen) atoms. The third kappa shape index (κ3) is 3.25. The number of hydrogen-bond donors (Lipinski definition) is 0. The monoisotopic (exact) mass is 425 g/mol. The van der Waals surface area contributed by atoms with Gasteiger partial charge in [-0.1, -0.05) is 46.3 Å². The average molecular weight is 426 g/mol. The van der Waals surface area contributed by atoms with E-state index in [2.05, 4.69) is 15.9 Å². The first-order chi connectivity index (χ1) is 12.6. The molecule has 0 saturated carbocycles. The maximum atomic E-state index is 12.6. The van der Waals surface area contributed by atoms with Crippen molar-refractivity contribution in [1.29, 1.82) is 0 Å². The number of anilines is 1. The SMILES string of the molecule is O=C1S/C(=C\c2ccc(-c3cccc(Br)c3)o2)C(=O)N1c1ccccc1. The Morgan fingerprint density at radius 1 is 0.962 bits per heavy atom. The third-order valence-electron chi connectivity index (χ3n) is 3.82. The van der Waals surface area contributed by atoms with Gasteiger partial charge in [0.2, 0.25) is 0 Å². The summed E-state index contributed by atoms with van der Waals surface area (Å²) in [6.07, 6.45) is 1.61. The van der Waals surface area contributed by atoms with E-state index in [1.54, 1.807) is 36.4 Å². The van der Waals surface area contributed by atoms with Gasteiger partial charge in [-0.3, -0.25) is 9.59 Å². The normalized spacial score (nSPS) is 15.9. The molecule has 6 heteroatoms. The second kappa shape index (κ2) is 6.97. The number of halogens is 1. The molecule has 2 heterocycles. The highest BCUT2D eigenvalue weighted by atomic mass is 79.9. The molecule has 4 rings (SSSR count). The van der Waals surface area contributed by atoms with Crippen LogP contribution in [0.5, 0.6) is 0 Å². The van der Waals surface area contributed by atoms with Crippen molar-refractivity contribution < 1.29 is 14.0 Å². The molecule has 0 aliphatic carbocycles. The first-order valence-electron chi connectivity index (χ1n) is 7.80. The van der Waals surface area contributed by atoms with Crippen molar-refractivity contribution >= 4 is 50.6 Å². The molecule has 128 valence electrons. The average Bonchev–Trinajstić information content (AvgIpc) is 3.21. The van der Waals surface area contributed by atoms with Crippen molar-refractivity contribution in [3.63, 3.8) is 0 Å². The van der Waals surface area contributed by atoms with Crippen LogP contribution in [0.1, 0.15) is 5.76 Å². The summed E-state index contributed by atoms with van der Waals surface area (Å²) < 4.78 is 6.77. The van der Waals surface area contributed by atoms with Crippen molar-refractivity contribution in [2.24, 2.45) is 0 Å². The number of furan rings is 1. The summed E-state index contributed by atoms with van der Waals surface area (Å²) in [5.74, 6) is 0.880. The molecule has 0 bridgehead atoms. The fourth-order valence-electron chi connectivity index (χ4n) is 2.62. The topological polar surface area (TPSA) is 50.5 Å². The quantitative estimate of drug-likeness (QED) is 0.486. The summed E-state index contributed by atoms with van der Waals surface area (Å²) in [5.41, 5.74) is 1.49. The van der Waals surface area contributed by atoms with Gasteiger partial charge in [0.25, 0.3) is 11.1 Å². The van der Waals surface area contributed by atoms with E-state index in [9.17, 15) is 9.59 Å². The molecular formula is C20H12BrNO3S.